The molecule has 1 N–H and O–H groups in total. The van der Waals surface area contributed by atoms with Crippen molar-refractivity contribution in [2.45, 2.75) is 19.5 Å². The van der Waals surface area contributed by atoms with Gasteiger partial charge in [-0.1, -0.05) is 5.16 Å². The van der Waals surface area contributed by atoms with E-state index >= 15 is 0 Å². The van der Waals surface area contributed by atoms with Gasteiger partial charge in [-0.25, -0.2) is 0 Å². The first kappa shape index (κ1) is 14.8. The molecule has 0 radical (unpaired) electrons. The van der Waals surface area contributed by atoms with E-state index in [0.29, 0.717) is 23.6 Å². The number of aromatic nitrogens is 2. The molecule has 0 fully saturated rings. The van der Waals surface area contributed by atoms with E-state index in [1.165, 1.54) is 0 Å². The van der Waals surface area contributed by atoms with Gasteiger partial charge in [0.1, 0.15) is 12.0 Å². The molecule has 7 nitrogen and oxygen atoms in total. The molecule has 1 aromatic carbocycles. The van der Waals surface area contributed by atoms with E-state index < -0.39 is 0 Å². The van der Waals surface area contributed by atoms with Gasteiger partial charge >= 0.3 is 0 Å². The van der Waals surface area contributed by atoms with Crippen molar-refractivity contribution in [1.82, 2.24) is 15.0 Å². The van der Waals surface area contributed by atoms with Crippen molar-refractivity contribution in [3.8, 4) is 11.5 Å². The van der Waals surface area contributed by atoms with Crippen molar-refractivity contribution in [2.24, 2.45) is 0 Å². The number of H-pyrrole nitrogens is 1. The predicted molar refractivity (Wildman–Crippen MR) is 87.1 cm³/mol. The average Bonchev–Trinajstić information content (AvgIpc) is 3.24. The fraction of sp³-hybridized carbons (Fsp3) is 0.294. The number of hydrogen-bond donors (Lipinski definition) is 1. The Morgan fingerprint density at radius 1 is 1.29 bits per heavy atom. The zero-order valence-electron chi connectivity index (χ0n) is 13.4. The highest BCUT2D eigenvalue weighted by Crippen LogP contribution is 2.35. The van der Waals surface area contributed by atoms with Crippen LogP contribution in [0.2, 0.25) is 0 Å². The second-order valence-corrected chi connectivity index (χ2v) is 5.93. The Bertz CT molecular complexity index is 933. The molecule has 7 heteroatoms. The minimum absolute atomic E-state index is 0.0376. The molecule has 1 atom stereocenters. The second-order valence-electron chi connectivity index (χ2n) is 5.93. The molecule has 1 aliphatic heterocycles. The second kappa shape index (κ2) is 5.68. The number of fused-ring (bicyclic) bond motifs is 2. The Balaban J connectivity index is 1.65. The van der Waals surface area contributed by atoms with Crippen molar-refractivity contribution >= 4 is 10.9 Å². The third kappa shape index (κ3) is 2.52. The molecule has 24 heavy (non-hydrogen) atoms. The maximum atomic E-state index is 12.4. The van der Waals surface area contributed by atoms with Crippen molar-refractivity contribution in [1.29, 1.82) is 0 Å². The smallest absolute Gasteiger partial charge is 0.252 e. The highest BCUT2D eigenvalue weighted by Gasteiger charge is 2.18. The van der Waals surface area contributed by atoms with Gasteiger partial charge in [0.25, 0.3) is 5.56 Å². The summed E-state index contributed by atoms with van der Waals surface area (Å²) in [6.07, 6.45) is 1.55. The summed E-state index contributed by atoms with van der Waals surface area (Å²) < 4.78 is 15.6. The highest BCUT2D eigenvalue weighted by atomic mass is 16.7. The van der Waals surface area contributed by atoms with E-state index in [4.69, 9.17) is 14.0 Å². The Labute approximate surface area is 137 Å². The van der Waals surface area contributed by atoms with Gasteiger partial charge in [-0.2, -0.15) is 0 Å². The number of benzene rings is 1. The normalized spacial score (nSPS) is 14.5. The lowest BCUT2D eigenvalue weighted by Crippen LogP contribution is -2.26. The lowest BCUT2D eigenvalue weighted by Gasteiger charge is -2.22. The quantitative estimate of drug-likeness (QED) is 0.793. The molecule has 4 rings (SSSR count). The summed E-state index contributed by atoms with van der Waals surface area (Å²) in [6, 6.07) is 7.44. The molecular weight excluding hydrogens is 310 g/mol. The number of pyridine rings is 1. The molecular formula is C17H17N3O4. The fourth-order valence-electron chi connectivity index (χ4n) is 2.83. The minimum Gasteiger partial charge on any atom is -0.454 e. The Morgan fingerprint density at radius 3 is 2.83 bits per heavy atom. The van der Waals surface area contributed by atoms with Crippen LogP contribution in [0.3, 0.4) is 0 Å². The average molecular weight is 327 g/mol. The van der Waals surface area contributed by atoms with Crippen LogP contribution in [0, 0.1) is 0 Å². The Hall–Kier alpha value is -2.80. The third-order valence-corrected chi connectivity index (χ3v) is 4.38. The summed E-state index contributed by atoms with van der Waals surface area (Å²) >= 11 is 0. The highest BCUT2D eigenvalue weighted by molar-refractivity contribution is 5.83. The molecule has 0 bridgehead atoms. The van der Waals surface area contributed by atoms with Crippen molar-refractivity contribution in [3.63, 3.8) is 0 Å². The van der Waals surface area contributed by atoms with Gasteiger partial charge in [0.2, 0.25) is 6.79 Å². The maximum absolute atomic E-state index is 12.4. The summed E-state index contributed by atoms with van der Waals surface area (Å²) in [5, 5.41) is 4.87. The standard InChI is InChI=1S/C17H17N3O4/c1-10(13-3-4-24-19-13)20(2)8-12-5-11-6-15-16(23-9-22-15)7-14(11)18-17(12)21/h3-7,10H,8-9H2,1-2H3,(H,18,21). The summed E-state index contributed by atoms with van der Waals surface area (Å²) in [5.74, 6) is 1.35. The molecule has 2 aromatic heterocycles. The molecule has 124 valence electrons. The van der Waals surface area contributed by atoms with Crippen LogP contribution in [-0.4, -0.2) is 28.9 Å². The zero-order chi connectivity index (χ0) is 16.7. The number of rotatable bonds is 4. The molecule has 3 heterocycles. The number of aromatic amines is 1. The lowest BCUT2D eigenvalue weighted by atomic mass is 10.1. The van der Waals surface area contributed by atoms with Crippen LogP contribution >= 0.6 is 0 Å². The molecule has 0 aliphatic carbocycles. The van der Waals surface area contributed by atoms with E-state index in [-0.39, 0.29) is 18.4 Å². The van der Waals surface area contributed by atoms with E-state index in [1.54, 1.807) is 12.3 Å². The molecule has 0 saturated heterocycles. The summed E-state index contributed by atoms with van der Waals surface area (Å²) in [5.41, 5.74) is 2.14. The van der Waals surface area contributed by atoms with Gasteiger partial charge < -0.3 is 19.0 Å². The van der Waals surface area contributed by atoms with Crippen LogP contribution in [0.4, 0.5) is 0 Å². The Morgan fingerprint density at radius 2 is 2.08 bits per heavy atom. The van der Waals surface area contributed by atoms with Crippen molar-refractivity contribution in [2.75, 3.05) is 13.8 Å². The van der Waals surface area contributed by atoms with Gasteiger partial charge in [0.05, 0.1) is 11.6 Å². The van der Waals surface area contributed by atoms with Gasteiger partial charge in [0, 0.05) is 29.6 Å². The first-order chi connectivity index (χ1) is 11.6. The van der Waals surface area contributed by atoms with Crippen LogP contribution < -0.4 is 15.0 Å². The molecule has 1 unspecified atom stereocenters. The molecule has 0 saturated carbocycles. The first-order valence-electron chi connectivity index (χ1n) is 7.68. The van der Waals surface area contributed by atoms with Crippen LogP contribution in [0.25, 0.3) is 10.9 Å². The van der Waals surface area contributed by atoms with E-state index in [9.17, 15) is 4.79 Å². The SMILES string of the molecule is CC(c1ccon1)N(C)Cc1cc2cc3c(cc2[nH]c1=O)OCO3. The molecule has 0 spiro atoms. The number of hydrogen-bond acceptors (Lipinski definition) is 6. The summed E-state index contributed by atoms with van der Waals surface area (Å²) in [4.78, 5) is 17.3. The summed E-state index contributed by atoms with van der Waals surface area (Å²) in [7, 11) is 1.95. The largest absolute Gasteiger partial charge is 0.454 e. The summed E-state index contributed by atoms with van der Waals surface area (Å²) in [6.45, 7) is 2.72. The lowest BCUT2D eigenvalue weighted by molar-refractivity contribution is 0.174. The number of nitrogens with zero attached hydrogens (tertiary/aromatic N) is 2. The van der Waals surface area contributed by atoms with Gasteiger partial charge in [-0.15, -0.1) is 0 Å². The number of ether oxygens (including phenoxy) is 2. The maximum Gasteiger partial charge on any atom is 0.252 e. The van der Waals surface area contributed by atoms with Crippen LogP contribution in [0.5, 0.6) is 11.5 Å². The van der Waals surface area contributed by atoms with E-state index in [2.05, 4.69) is 10.1 Å². The predicted octanol–water partition coefficient (Wildman–Crippen LogP) is 2.44. The molecule has 3 aromatic rings. The monoisotopic (exact) mass is 327 g/mol. The minimum atomic E-state index is -0.111. The van der Waals surface area contributed by atoms with E-state index in [1.807, 2.05) is 37.1 Å². The van der Waals surface area contributed by atoms with Crippen molar-refractivity contribution in [3.05, 3.63) is 52.1 Å². The molecule has 0 amide bonds. The van der Waals surface area contributed by atoms with Crippen LogP contribution in [-0.2, 0) is 6.54 Å². The third-order valence-electron chi connectivity index (χ3n) is 4.38. The van der Waals surface area contributed by atoms with E-state index in [0.717, 1.165) is 16.6 Å². The Kier molecular flexibility index (Phi) is 3.50. The van der Waals surface area contributed by atoms with Crippen LogP contribution in [0.1, 0.15) is 24.2 Å². The molecule has 1 aliphatic rings. The number of nitrogens with one attached hydrogen (secondary N) is 1. The first-order valence-corrected chi connectivity index (χ1v) is 7.68. The fourth-order valence-corrected chi connectivity index (χ4v) is 2.83. The van der Waals surface area contributed by atoms with Gasteiger partial charge in [0.15, 0.2) is 11.5 Å². The topological polar surface area (TPSA) is 80.6 Å². The van der Waals surface area contributed by atoms with Crippen molar-refractivity contribution < 1.29 is 14.0 Å². The van der Waals surface area contributed by atoms with Gasteiger partial charge in [-0.3, -0.25) is 9.69 Å². The zero-order valence-corrected chi connectivity index (χ0v) is 13.4. The van der Waals surface area contributed by atoms with Gasteiger partial charge in [-0.05, 0) is 26.1 Å². The van der Waals surface area contributed by atoms with Crippen LogP contribution in [0.15, 0.2) is 39.8 Å².